The molecule has 0 saturated carbocycles. The maximum atomic E-state index is 13.2. The van der Waals surface area contributed by atoms with Gasteiger partial charge in [-0.05, 0) is 6.07 Å². The van der Waals surface area contributed by atoms with Crippen LogP contribution in [0.2, 0.25) is 0 Å². The first-order valence-electron chi connectivity index (χ1n) is 7.93. The Kier molecular flexibility index (Phi) is 6.75. The minimum Gasteiger partial charge on any atom is -0.484 e. The van der Waals surface area contributed by atoms with Crippen molar-refractivity contribution in [3.8, 4) is 5.75 Å². The quantitative estimate of drug-likeness (QED) is 0.543. The van der Waals surface area contributed by atoms with Crippen LogP contribution >= 0.6 is 0 Å². The van der Waals surface area contributed by atoms with Gasteiger partial charge in [-0.2, -0.15) is 13.2 Å². The lowest BCUT2D eigenvalue weighted by Crippen LogP contribution is -2.57. The van der Waals surface area contributed by atoms with Crippen LogP contribution in [-0.2, 0) is 4.79 Å². The van der Waals surface area contributed by atoms with Gasteiger partial charge in [0.2, 0.25) is 0 Å². The number of nitro benzene ring substituents is 1. The number of nitrogens with zero attached hydrogens (tertiary/aromatic N) is 2. The Balaban J connectivity index is 1.86. The molecular weight excluding hydrogens is 357 g/mol. The van der Waals surface area contributed by atoms with Crippen molar-refractivity contribution in [3.05, 3.63) is 34.4 Å². The topological polar surface area (TPSA) is 96.7 Å². The zero-order valence-electron chi connectivity index (χ0n) is 13.8. The molecule has 1 heterocycles. The number of alkyl halides is 3. The van der Waals surface area contributed by atoms with Crippen LogP contribution in [0.4, 0.5) is 18.9 Å². The fourth-order valence-electron chi connectivity index (χ4n) is 2.54. The predicted octanol–water partition coefficient (Wildman–Crippen LogP) is 0.926. The Bertz CT molecular complexity index is 636. The Morgan fingerprint density at radius 1 is 1.38 bits per heavy atom. The van der Waals surface area contributed by atoms with E-state index in [0.717, 1.165) is 6.07 Å². The van der Waals surface area contributed by atoms with Gasteiger partial charge in [0, 0.05) is 38.8 Å². The predicted molar refractivity (Wildman–Crippen MR) is 85.9 cm³/mol. The van der Waals surface area contributed by atoms with Crippen LogP contribution in [0, 0.1) is 10.1 Å². The summed E-state index contributed by atoms with van der Waals surface area (Å²) in [6.45, 7) is 0.273. The summed E-state index contributed by atoms with van der Waals surface area (Å²) in [5.74, 6) is -0.648. The van der Waals surface area contributed by atoms with Gasteiger partial charge in [-0.1, -0.05) is 6.07 Å². The molecule has 0 aromatic heterocycles. The third-order valence-corrected chi connectivity index (χ3v) is 3.86. The lowest BCUT2D eigenvalue weighted by molar-refractivity contribution is -0.384. The van der Waals surface area contributed by atoms with Crippen molar-refractivity contribution in [1.82, 2.24) is 15.5 Å². The molecule has 2 rings (SSSR count). The molecule has 0 aliphatic carbocycles. The van der Waals surface area contributed by atoms with Gasteiger partial charge >= 0.3 is 6.18 Å². The van der Waals surface area contributed by atoms with E-state index < -0.39 is 36.2 Å². The number of amides is 1. The zero-order valence-corrected chi connectivity index (χ0v) is 13.8. The van der Waals surface area contributed by atoms with Gasteiger partial charge in [0.1, 0.15) is 11.8 Å². The number of halogens is 3. The number of rotatable bonds is 7. The molecule has 0 radical (unpaired) electrons. The van der Waals surface area contributed by atoms with E-state index in [9.17, 15) is 28.1 Å². The molecule has 1 unspecified atom stereocenters. The average Bonchev–Trinajstić information content (AvgIpc) is 2.60. The smallest absolute Gasteiger partial charge is 0.405 e. The van der Waals surface area contributed by atoms with Gasteiger partial charge in [-0.15, -0.1) is 0 Å². The number of carbonyl (C=O) groups excluding carboxylic acids is 1. The summed E-state index contributed by atoms with van der Waals surface area (Å²) in [6, 6.07) is 3.42. The summed E-state index contributed by atoms with van der Waals surface area (Å²) in [5.41, 5.74) is -0.209. The van der Waals surface area contributed by atoms with Crippen LogP contribution < -0.4 is 15.4 Å². The highest BCUT2D eigenvalue weighted by atomic mass is 19.4. The maximum Gasteiger partial charge on any atom is 0.405 e. The molecule has 1 aromatic carbocycles. The molecule has 144 valence electrons. The molecule has 8 nitrogen and oxygen atoms in total. The van der Waals surface area contributed by atoms with Crippen LogP contribution in [-0.4, -0.2) is 67.3 Å². The lowest BCUT2D eigenvalue weighted by Gasteiger charge is -2.35. The summed E-state index contributed by atoms with van der Waals surface area (Å²) in [7, 11) is 0. The van der Waals surface area contributed by atoms with Crippen LogP contribution in [0.3, 0.4) is 0 Å². The van der Waals surface area contributed by atoms with Crippen LogP contribution in [0.1, 0.15) is 0 Å². The third-order valence-electron chi connectivity index (χ3n) is 3.86. The Morgan fingerprint density at radius 3 is 2.69 bits per heavy atom. The average molecular weight is 376 g/mol. The summed E-state index contributed by atoms with van der Waals surface area (Å²) in [4.78, 5) is 23.1. The second kappa shape index (κ2) is 8.81. The second-order valence-corrected chi connectivity index (χ2v) is 5.69. The van der Waals surface area contributed by atoms with Crippen LogP contribution in [0.15, 0.2) is 24.3 Å². The Hall–Kier alpha value is -2.40. The minimum absolute atomic E-state index is 0.0869. The number of hydrogen-bond acceptors (Lipinski definition) is 6. The standard InChI is InChI=1S/C15H19F3N4O4/c16-15(17,18)13(21-6-4-19-5-7-21)9-20-14(23)10-26-12-3-1-2-11(8-12)22(24)25/h1-3,8,13,19H,4-7,9-10H2,(H,20,23). The van der Waals surface area contributed by atoms with E-state index in [1.54, 1.807) is 0 Å². The summed E-state index contributed by atoms with van der Waals surface area (Å²) in [5, 5.41) is 15.9. The van der Waals surface area contributed by atoms with Crippen molar-refractivity contribution in [2.75, 3.05) is 39.3 Å². The maximum absolute atomic E-state index is 13.2. The summed E-state index contributed by atoms with van der Waals surface area (Å²) in [6.07, 6.45) is -4.47. The molecule has 1 fully saturated rings. The van der Waals surface area contributed by atoms with E-state index >= 15 is 0 Å². The molecule has 11 heteroatoms. The summed E-state index contributed by atoms with van der Waals surface area (Å²) < 4.78 is 44.8. The SMILES string of the molecule is O=C(COc1cccc([N+](=O)[O-])c1)NCC(N1CCNCC1)C(F)(F)F. The molecule has 1 saturated heterocycles. The molecule has 0 bridgehead atoms. The first-order valence-corrected chi connectivity index (χ1v) is 7.93. The van der Waals surface area contributed by atoms with Crippen molar-refractivity contribution in [3.63, 3.8) is 0 Å². The van der Waals surface area contributed by atoms with Crippen molar-refractivity contribution in [2.24, 2.45) is 0 Å². The van der Waals surface area contributed by atoms with E-state index in [2.05, 4.69) is 10.6 Å². The number of nitrogens with one attached hydrogen (secondary N) is 2. The monoisotopic (exact) mass is 376 g/mol. The van der Waals surface area contributed by atoms with E-state index in [1.807, 2.05) is 0 Å². The van der Waals surface area contributed by atoms with Gasteiger partial charge in [0.05, 0.1) is 11.0 Å². The lowest BCUT2D eigenvalue weighted by atomic mass is 10.2. The zero-order chi connectivity index (χ0) is 19.2. The number of benzene rings is 1. The van der Waals surface area contributed by atoms with Gasteiger partial charge < -0.3 is 15.4 Å². The van der Waals surface area contributed by atoms with Crippen molar-refractivity contribution in [1.29, 1.82) is 0 Å². The molecule has 1 aliphatic heterocycles. The molecular formula is C15H19F3N4O4. The van der Waals surface area contributed by atoms with Crippen molar-refractivity contribution < 1.29 is 27.6 Å². The van der Waals surface area contributed by atoms with Crippen molar-refractivity contribution >= 4 is 11.6 Å². The minimum atomic E-state index is -4.47. The molecule has 0 spiro atoms. The first-order chi connectivity index (χ1) is 12.3. The highest BCUT2D eigenvalue weighted by molar-refractivity contribution is 5.77. The van der Waals surface area contributed by atoms with E-state index in [1.165, 1.54) is 23.1 Å². The number of piperazine rings is 1. The fourth-order valence-corrected chi connectivity index (χ4v) is 2.54. The Labute approximate surface area is 147 Å². The molecule has 2 N–H and O–H groups in total. The molecule has 1 atom stereocenters. The largest absolute Gasteiger partial charge is 0.484 e. The Morgan fingerprint density at radius 2 is 2.08 bits per heavy atom. The third kappa shape index (κ3) is 5.85. The number of nitro groups is 1. The van der Waals surface area contributed by atoms with Gasteiger partial charge in [0.15, 0.2) is 6.61 Å². The first kappa shape index (κ1) is 19.9. The molecule has 1 aliphatic rings. The summed E-state index contributed by atoms with van der Waals surface area (Å²) >= 11 is 0. The fraction of sp³-hybridized carbons (Fsp3) is 0.533. The highest BCUT2D eigenvalue weighted by Crippen LogP contribution is 2.24. The van der Waals surface area contributed by atoms with E-state index in [4.69, 9.17) is 4.74 Å². The number of hydrogen-bond donors (Lipinski definition) is 2. The number of non-ortho nitro benzene ring substituents is 1. The van der Waals surface area contributed by atoms with Gasteiger partial charge in [-0.25, -0.2) is 0 Å². The molecule has 26 heavy (non-hydrogen) atoms. The highest BCUT2D eigenvalue weighted by Gasteiger charge is 2.43. The normalized spacial score (nSPS) is 16.7. The van der Waals surface area contributed by atoms with E-state index in [0.29, 0.717) is 13.1 Å². The number of ether oxygens (including phenoxy) is 1. The van der Waals surface area contributed by atoms with Gasteiger partial charge in [0.25, 0.3) is 11.6 Å². The van der Waals surface area contributed by atoms with Crippen molar-refractivity contribution in [2.45, 2.75) is 12.2 Å². The van der Waals surface area contributed by atoms with E-state index in [-0.39, 0.29) is 24.5 Å². The van der Waals surface area contributed by atoms with Gasteiger partial charge in [-0.3, -0.25) is 19.8 Å². The second-order valence-electron chi connectivity index (χ2n) is 5.69. The molecule has 1 amide bonds. The van der Waals surface area contributed by atoms with Crippen LogP contribution in [0.5, 0.6) is 5.75 Å². The van der Waals surface area contributed by atoms with Crippen LogP contribution in [0.25, 0.3) is 0 Å². The number of carbonyl (C=O) groups is 1. The molecule has 1 aromatic rings.